The maximum atomic E-state index is 11.6. The fourth-order valence-electron chi connectivity index (χ4n) is 1.73. The van der Waals surface area contributed by atoms with E-state index in [2.05, 4.69) is 20.8 Å². The number of nitriles is 1. The number of amidine groups is 1. The predicted octanol–water partition coefficient (Wildman–Crippen LogP) is 1.46. The van der Waals surface area contributed by atoms with E-state index in [1.54, 1.807) is 36.4 Å². The highest BCUT2D eigenvalue weighted by Gasteiger charge is 2.07. The molecule has 0 atom stereocenters. The van der Waals surface area contributed by atoms with Crippen molar-refractivity contribution in [2.45, 2.75) is 0 Å². The summed E-state index contributed by atoms with van der Waals surface area (Å²) in [6.07, 6.45) is 1.48. The van der Waals surface area contributed by atoms with Crippen molar-refractivity contribution < 1.29 is 9.53 Å². The molecule has 9 nitrogen and oxygen atoms in total. The second kappa shape index (κ2) is 8.07. The van der Waals surface area contributed by atoms with Gasteiger partial charge >= 0.3 is 0 Å². The number of hydrazone groups is 1. The molecule has 0 saturated heterocycles. The first kappa shape index (κ1) is 17.4. The van der Waals surface area contributed by atoms with Gasteiger partial charge in [-0.3, -0.25) is 20.6 Å². The molecule has 2 rings (SSSR count). The molecule has 2 aromatic rings. The first-order valence-corrected chi connectivity index (χ1v) is 7.07. The minimum absolute atomic E-state index is 0.209. The lowest BCUT2D eigenvalue weighted by Crippen LogP contribution is -2.21. The summed E-state index contributed by atoms with van der Waals surface area (Å²) in [6.45, 7) is 0. The molecule has 1 heterocycles. The van der Waals surface area contributed by atoms with Crippen molar-refractivity contribution in [2.75, 3.05) is 12.5 Å². The number of benzene rings is 1. The van der Waals surface area contributed by atoms with Crippen molar-refractivity contribution in [3.8, 4) is 17.6 Å². The summed E-state index contributed by atoms with van der Waals surface area (Å²) < 4.78 is 5.66. The van der Waals surface area contributed by atoms with Crippen LogP contribution in [0.25, 0.3) is 0 Å². The molecule has 1 amide bonds. The zero-order valence-corrected chi connectivity index (χ0v) is 13.3. The predicted molar refractivity (Wildman–Crippen MR) is 92.7 cm³/mol. The lowest BCUT2D eigenvalue weighted by Gasteiger charge is -2.08. The summed E-state index contributed by atoms with van der Waals surface area (Å²) in [6, 6.07) is 11.6. The Hall–Kier alpha value is -3.93. The summed E-state index contributed by atoms with van der Waals surface area (Å²) in [5.74, 6) is 0.285. The Labute approximate surface area is 143 Å². The van der Waals surface area contributed by atoms with Gasteiger partial charge in [-0.1, -0.05) is 0 Å². The molecule has 0 bridgehead atoms. The molecule has 25 heavy (non-hydrogen) atoms. The topological polar surface area (TPSA) is 149 Å². The number of nitrogens with zero attached hydrogens (tertiary/aromatic N) is 3. The maximum absolute atomic E-state index is 11.6. The number of rotatable bonds is 6. The molecule has 9 heteroatoms. The molecule has 5 N–H and O–H groups in total. The molecule has 1 aromatic heterocycles. The van der Waals surface area contributed by atoms with E-state index in [4.69, 9.17) is 21.1 Å². The van der Waals surface area contributed by atoms with Gasteiger partial charge in [-0.2, -0.15) is 10.4 Å². The average molecular weight is 337 g/mol. The highest BCUT2D eigenvalue weighted by Crippen LogP contribution is 2.23. The van der Waals surface area contributed by atoms with Crippen molar-refractivity contribution in [2.24, 2.45) is 10.8 Å². The Kier molecular flexibility index (Phi) is 5.63. The number of amides is 1. The number of pyridine rings is 1. The van der Waals surface area contributed by atoms with Crippen LogP contribution in [-0.2, 0) is 0 Å². The number of nitrogens with one attached hydrogen (secondary N) is 3. The molecule has 1 aromatic carbocycles. The number of carbonyl (C=O) groups is 1. The Morgan fingerprint density at radius 3 is 2.64 bits per heavy atom. The smallest absolute Gasteiger partial charge is 0.269 e. The van der Waals surface area contributed by atoms with Gasteiger partial charge in [0.25, 0.3) is 5.91 Å². The quantitative estimate of drug-likeness (QED) is 0.356. The number of nitrogens with two attached hydrogens (primary N) is 1. The lowest BCUT2D eigenvalue weighted by atomic mass is 10.3. The van der Waals surface area contributed by atoms with Crippen molar-refractivity contribution >= 4 is 23.1 Å². The van der Waals surface area contributed by atoms with Crippen LogP contribution < -0.4 is 21.2 Å². The molecule has 0 saturated carbocycles. The monoisotopic (exact) mass is 337 g/mol. The zero-order chi connectivity index (χ0) is 18.2. The van der Waals surface area contributed by atoms with Gasteiger partial charge in [0.1, 0.15) is 23.3 Å². The number of ether oxygens (including phenoxy) is 1. The van der Waals surface area contributed by atoms with Gasteiger partial charge in [0.05, 0.1) is 5.69 Å². The van der Waals surface area contributed by atoms with Crippen LogP contribution in [0.5, 0.6) is 11.5 Å². The normalized spacial score (nSPS) is 10.5. The van der Waals surface area contributed by atoms with Gasteiger partial charge in [-0.15, -0.1) is 0 Å². The van der Waals surface area contributed by atoms with Gasteiger partial charge in [-0.05, 0) is 30.3 Å². The number of anilines is 1. The zero-order valence-electron chi connectivity index (χ0n) is 13.3. The molecule has 126 valence electrons. The van der Waals surface area contributed by atoms with Crippen molar-refractivity contribution in [3.05, 3.63) is 48.3 Å². The van der Waals surface area contributed by atoms with Gasteiger partial charge in [0.2, 0.25) is 5.71 Å². The van der Waals surface area contributed by atoms with E-state index < -0.39 is 5.84 Å². The Balaban J connectivity index is 2.07. The highest BCUT2D eigenvalue weighted by atomic mass is 16.5. The summed E-state index contributed by atoms with van der Waals surface area (Å²) >= 11 is 0. The third kappa shape index (κ3) is 4.77. The second-order valence-electron chi connectivity index (χ2n) is 4.68. The third-order valence-corrected chi connectivity index (χ3v) is 2.94. The fraction of sp³-hybridized carbons (Fsp3) is 0.0625. The molecular weight excluding hydrogens is 322 g/mol. The van der Waals surface area contributed by atoms with Gasteiger partial charge in [0, 0.05) is 19.3 Å². The minimum Gasteiger partial charge on any atom is -0.457 e. The molecule has 0 aliphatic heterocycles. The molecule has 0 aliphatic carbocycles. The molecule has 0 aliphatic rings. The Bertz CT molecular complexity index is 854. The number of hydrogen-bond donors (Lipinski definition) is 4. The fourth-order valence-corrected chi connectivity index (χ4v) is 1.73. The van der Waals surface area contributed by atoms with E-state index in [1.165, 1.54) is 19.3 Å². The number of hydrogen-bond acceptors (Lipinski definition) is 7. The summed E-state index contributed by atoms with van der Waals surface area (Å²) in [4.78, 5) is 15.5. The molecule has 0 spiro atoms. The van der Waals surface area contributed by atoms with Crippen LogP contribution in [0.3, 0.4) is 0 Å². The number of aromatic nitrogens is 1. The van der Waals surface area contributed by atoms with Crippen LogP contribution in [0.4, 0.5) is 5.69 Å². The Morgan fingerprint density at radius 2 is 2.04 bits per heavy atom. The molecular formula is C16H15N7O2. The molecule has 0 fully saturated rings. The lowest BCUT2D eigenvalue weighted by molar-refractivity contribution is 0.0958. The van der Waals surface area contributed by atoms with Crippen molar-refractivity contribution in [3.63, 3.8) is 0 Å². The first-order valence-electron chi connectivity index (χ1n) is 7.07. The largest absolute Gasteiger partial charge is 0.457 e. The first-order chi connectivity index (χ1) is 12.0. The van der Waals surface area contributed by atoms with Crippen molar-refractivity contribution in [1.29, 1.82) is 10.7 Å². The van der Waals surface area contributed by atoms with Crippen LogP contribution in [0.1, 0.15) is 10.5 Å². The highest BCUT2D eigenvalue weighted by molar-refractivity contribution is 6.45. The molecule has 0 radical (unpaired) electrons. The summed E-state index contributed by atoms with van der Waals surface area (Å²) in [5.41, 5.74) is 8.45. The van der Waals surface area contributed by atoms with Crippen LogP contribution in [0.15, 0.2) is 47.7 Å². The van der Waals surface area contributed by atoms with E-state index in [0.717, 1.165) is 0 Å². The molecule has 0 unspecified atom stereocenters. The Morgan fingerprint density at radius 1 is 1.32 bits per heavy atom. The SMILES string of the molecule is CNC(=O)c1cc(Oc2ccc(N/N=C(\C#N)C(=N)N)cc2)ccn1. The van der Waals surface area contributed by atoms with Crippen molar-refractivity contribution in [1.82, 2.24) is 10.3 Å². The minimum atomic E-state index is -0.417. The van der Waals surface area contributed by atoms with Crippen LogP contribution >= 0.6 is 0 Å². The van der Waals surface area contributed by atoms with Crippen LogP contribution in [0, 0.1) is 16.7 Å². The van der Waals surface area contributed by atoms with E-state index in [-0.39, 0.29) is 17.3 Å². The third-order valence-electron chi connectivity index (χ3n) is 2.94. The van der Waals surface area contributed by atoms with Crippen LogP contribution in [0.2, 0.25) is 0 Å². The van der Waals surface area contributed by atoms with Gasteiger partial charge in [0.15, 0.2) is 5.84 Å². The van der Waals surface area contributed by atoms with E-state index in [1.807, 2.05) is 0 Å². The van der Waals surface area contributed by atoms with E-state index in [9.17, 15) is 4.79 Å². The van der Waals surface area contributed by atoms with E-state index in [0.29, 0.717) is 17.2 Å². The van der Waals surface area contributed by atoms with E-state index >= 15 is 0 Å². The standard InChI is InChI=1S/C16H15N7O2/c1-20-16(24)13-8-12(6-7-21-13)25-11-4-2-10(3-5-11)22-23-14(9-17)15(18)19/h2-8,22H,1H3,(H3,18,19)(H,20,24)/b23-14+. The van der Waals surface area contributed by atoms with Gasteiger partial charge in [-0.25, -0.2) is 0 Å². The number of carbonyl (C=O) groups excluding carboxylic acids is 1. The second-order valence-corrected chi connectivity index (χ2v) is 4.68. The van der Waals surface area contributed by atoms with Crippen LogP contribution in [-0.4, -0.2) is 29.5 Å². The maximum Gasteiger partial charge on any atom is 0.269 e. The summed E-state index contributed by atoms with van der Waals surface area (Å²) in [5, 5.41) is 22.2. The summed E-state index contributed by atoms with van der Waals surface area (Å²) in [7, 11) is 1.52. The van der Waals surface area contributed by atoms with Gasteiger partial charge < -0.3 is 15.8 Å². The average Bonchev–Trinajstić information content (AvgIpc) is 2.63.